The van der Waals surface area contributed by atoms with Crippen LogP contribution in [0.4, 0.5) is 4.39 Å². The van der Waals surface area contributed by atoms with E-state index in [0.29, 0.717) is 23.7 Å². The molecule has 0 atom stereocenters. The van der Waals surface area contributed by atoms with Crippen LogP contribution in [0.25, 0.3) is 11.4 Å². The summed E-state index contributed by atoms with van der Waals surface area (Å²) in [5, 5.41) is 13.1. The molecule has 0 aliphatic heterocycles. The van der Waals surface area contributed by atoms with Crippen LogP contribution in [0, 0.1) is 12.7 Å². The van der Waals surface area contributed by atoms with Gasteiger partial charge in [0.15, 0.2) is 0 Å². The molecule has 0 amide bonds. The van der Waals surface area contributed by atoms with Gasteiger partial charge < -0.3 is 9.63 Å². The van der Waals surface area contributed by atoms with E-state index < -0.39 is 0 Å². The highest BCUT2D eigenvalue weighted by atomic mass is 19.1. The van der Waals surface area contributed by atoms with Gasteiger partial charge >= 0.3 is 0 Å². The molecule has 106 valence electrons. The maximum absolute atomic E-state index is 13.3. The Morgan fingerprint density at radius 3 is 2.67 bits per heavy atom. The van der Waals surface area contributed by atoms with E-state index in [-0.39, 0.29) is 11.6 Å². The minimum atomic E-state index is -0.333. The van der Waals surface area contributed by atoms with E-state index in [4.69, 9.17) is 4.52 Å². The van der Waals surface area contributed by atoms with Crippen molar-refractivity contribution < 1.29 is 14.0 Å². The molecule has 0 saturated heterocycles. The van der Waals surface area contributed by atoms with Crippen LogP contribution in [0.3, 0.4) is 0 Å². The lowest BCUT2D eigenvalue weighted by atomic mass is 10.1. The van der Waals surface area contributed by atoms with Crippen molar-refractivity contribution in [2.24, 2.45) is 0 Å². The van der Waals surface area contributed by atoms with Gasteiger partial charge in [0.1, 0.15) is 11.6 Å². The SMILES string of the molecule is Cc1ccc(F)cc1-c1noc(Cc2ccc(O)cc2)n1. The molecule has 5 heteroatoms. The van der Waals surface area contributed by atoms with Crippen LogP contribution in [-0.4, -0.2) is 15.2 Å². The van der Waals surface area contributed by atoms with E-state index in [2.05, 4.69) is 10.1 Å². The predicted molar refractivity (Wildman–Crippen MR) is 75.3 cm³/mol. The normalized spacial score (nSPS) is 10.8. The van der Waals surface area contributed by atoms with Gasteiger partial charge in [-0.15, -0.1) is 0 Å². The summed E-state index contributed by atoms with van der Waals surface area (Å²) >= 11 is 0. The molecule has 0 unspecified atom stereocenters. The number of nitrogens with zero attached hydrogens (tertiary/aromatic N) is 2. The van der Waals surface area contributed by atoms with Gasteiger partial charge in [-0.25, -0.2) is 4.39 Å². The molecule has 1 heterocycles. The third kappa shape index (κ3) is 2.91. The second kappa shape index (κ2) is 5.36. The molecule has 1 N–H and O–H groups in total. The second-order valence-electron chi connectivity index (χ2n) is 4.81. The van der Waals surface area contributed by atoms with E-state index >= 15 is 0 Å². The van der Waals surface area contributed by atoms with Crippen LogP contribution in [-0.2, 0) is 6.42 Å². The lowest BCUT2D eigenvalue weighted by Gasteiger charge is -2.00. The fourth-order valence-corrected chi connectivity index (χ4v) is 2.06. The Morgan fingerprint density at radius 2 is 1.90 bits per heavy atom. The average Bonchev–Trinajstić information content (AvgIpc) is 2.92. The summed E-state index contributed by atoms with van der Waals surface area (Å²) in [7, 11) is 0. The smallest absolute Gasteiger partial charge is 0.231 e. The van der Waals surface area contributed by atoms with E-state index in [9.17, 15) is 9.50 Å². The summed E-state index contributed by atoms with van der Waals surface area (Å²) in [6.07, 6.45) is 0.460. The Hall–Kier alpha value is -2.69. The quantitative estimate of drug-likeness (QED) is 0.800. The van der Waals surface area contributed by atoms with Crippen LogP contribution >= 0.6 is 0 Å². The summed E-state index contributed by atoms with van der Waals surface area (Å²) in [6.45, 7) is 1.87. The molecular weight excluding hydrogens is 271 g/mol. The molecule has 2 aromatic carbocycles. The van der Waals surface area contributed by atoms with Gasteiger partial charge in [-0.05, 0) is 42.3 Å². The zero-order valence-corrected chi connectivity index (χ0v) is 11.4. The molecule has 0 aliphatic carbocycles. The standard InChI is InChI=1S/C16H13FN2O2/c1-10-2-5-12(17)9-14(10)16-18-15(21-19-16)8-11-3-6-13(20)7-4-11/h2-7,9,20H,8H2,1H3. The maximum atomic E-state index is 13.3. The Labute approximate surface area is 120 Å². The van der Waals surface area contributed by atoms with Crippen molar-refractivity contribution in [2.75, 3.05) is 0 Å². The Morgan fingerprint density at radius 1 is 1.14 bits per heavy atom. The first-order chi connectivity index (χ1) is 10.1. The van der Waals surface area contributed by atoms with Gasteiger partial charge in [0, 0.05) is 5.56 Å². The molecule has 4 nitrogen and oxygen atoms in total. The number of phenolic OH excluding ortho intramolecular Hbond substituents is 1. The lowest BCUT2D eigenvalue weighted by molar-refractivity contribution is 0.385. The van der Waals surface area contributed by atoms with Crippen LogP contribution in [0.15, 0.2) is 47.0 Å². The van der Waals surface area contributed by atoms with Gasteiger partial charge in [-0.1, -0.05) is 23.4 Å². The van der Waals surface area contributed by atoms with Gasteiger partial charge in [0.25, 0.3) is 0 Å². The summed E-state index contributed by atoms with van der Waals surface area (Å²) in [4.78, 5) is 4.29. The molecule has 0 spiro atoms. The molecule has 0 radical (unpaired) electrons. The Kier molecular flexibility index (Phi) is 3.39. The molecule has 21 heavy (non-hydrogen) atoms. The molecular formula is C16H13FN2O2. The van der Waals surface area contributed by atoms with Crippen molar-refractivity contribution in [3.63, 3.8) is 0 Å². The summed E-state index contributed by atoms with van der Waals surface area (Å²) in [6, 6.07) is 11.2. The van der Waals surface area contributed by atoms with E-state index in [1.54, 1.807) is 30.3 Å². The van der Waals surface area contributed by atoms with Gasteiger partial charge in [-0.3, -0.25) is 0 Å². The highest BCUT2D eigenvalue weighted by Crippen LogP contribution is 2.22. The Balaban J connectivity index is 1.86. The second-order valence-corrected chi connectivity index (χ2v) is 4.81. The predicted octanol–water partition coefficient (Wildman–Crippen LogP) is 3.48. The highest BCUT2D eigenvalue weighted by Gasteiger charge is 2.12. The number of benzene rings is 2. The molecule has 0 aliphatic rings. The number of rotatable bonds is 3. The van der Waals surface area contributed by atoms with E-state index in [1.165, 1.54) is 12.1 Å². The summed E-state index contributed by atoms with van der Waals surface area (Å²) in [5.74, 6) is 0.695. The van der Waals surface area contributed by atoms with Crippen molar-refractivity contribution in [1.82, 2.24) is 10.1 Å². The third-order valence-electron chi connectivity index (χ3n) is 3.20. The van der Waals surface area contributed by atoms with Crippen LogP contribution in [0.1, 0.15) is 17.0 Å². The first-order valence-corrected chi connectivity index (χ1v) is 6.49. The number of aryl methyl sites for hydroxylation is 1. The lowest BCUT2D eigenvalue weighted by Crippen LogP contribution is -1.90. The van der Waals surface area contributed by atoms with E-state index in [0.717, 1.165) is 11.1 Å². The number of aromatic hydroxyl groups is 1. The number of hydrogen-bond acceptors (Lipinski definition) is 4. The minimum absolute atomic E-state index is 0.209. The average molecular weight is 284 g/mol. The highest BCUT2D eigenvalue weighted by molar-refractivity contribution is 5.59. The molecule has 1 aromatic heterocycles. The van der Waals surface area contributed by atoms with Crippen molar-refractivity contribution in [2.45, 2.75) is 13.3 Å². The van der Waals surface area contributed by atoms with Gasteiger partial charge in [0.2, 0.25) is 11.7 Å². The number of hydrogen-bond donors (Lipinski definition) is 1. The van der Waals surface area contributed by atoms with Crippen LogP contribution in [0.2, 0.25) is 0 Å². The number of halogens is 1. The topological polar surface area (TPSA) is 59.2 Å². The molecule has 0 bridgehead atoms. The molecule has 3 aromatic rings. The number of phenols is 1. The third-order valence-corrected chi connectivity index (χ3v) is 3.20. The summed E-state index contributed by atoms with van der Waals surface area (Å²) in [5.41, 5.74) is 2.45. The number of aromatic nitrogens is 2. The first-order valence-electron chi connectivity index (χ1n) is 6.49. The van der Waals surface area contributed by atoms with Crippen molar-refractivity contribution in [1.29, 1.82) is 0 Å². The molecule has 0 saturated carbocycles. The van der Waals surface area contributed by atoms with Crippen molar-refractivity contribution in [3.05, 3.63) is 65.3 Å². The first kappa shape index (κ1) is 13.3. The minimum Gasteiger partial charge on any atom is -0.508 e. The van der Waals surface area contributed by atoms with Crippen LogP contribution < -0.4 is 0 Å². The molecule has 3 rings (SSSR count). The largest absolute Gasteiger partial charge is 0.508 e. The van der Waals surface area contributed by atoms with Crippen molar-refractivity contribution >= 4 is 0 Å². The zero-order valence-electron chi connectivity index (χ0n) is 11.4. The van der Waals surface area contributed by atoms with Gasteiger partial charge in [-0.2, -0.15) is 4.98 Å². The molecule has 0 fully saturated rings. The monoisotopic (exact) mass is 284 g/mol. The van der Waals surface area contributed by atoms with Crippen molar-refractivity contribution in [3.8, 4) is 17.1 Å². The fourth-order valence-electron chi connectivity index (χ4n) is 2.06. The zero-order chi connectivity index (χ0) is 14.8. The maximum Gasteiger partial charge on any atom is 0.231 e. The summed E-state index contributed by atoms with van der Waals surface area (Å²) < 4.78 is 18.5. The Bertz CT molecular complexity index is 766. The van der Waals surface area contributed by atoms with E-state index in [1.807, 2.05) is 6.92 Å². The van der Waals surface area contributed by atoms with Gasteiger partial charge in [0.05, 0.1) is 6.42 Å². The fraction of sp³-hybridized carbons (Fsp3) is 0.125. The van der Waals surface area contributed by atoms with Crippen LogP contribution in [0.5, 0.6) is 5.75 Å².